The lowest BCUT2D eigenvalue weighted by atomic mass is 10.0. The highest BCUT2D eigenvalue weighted by Gasteiger charge is 2.23. The van der Waals surface area contributed by atoms with Gasteiger partial charge < -0.3 is 28.4 Å². The van der Waals surface area contributed by atoms with Crippen molar-refractivity contribution in [2.45, 2.75) is 20.8 Å². The molecule has 0 fully saturated rings. The maximum absolute atomic E-state index is 12.6. The molecule has 0 aliphatic heterocycles. The molecule has 36 heavy (non-hydrogen) atoms. The molecule has 0 unspecified atom stereocenters. The fraction of sp³-hybridized carbons (Fsp3) is 0.250. The Morgan fingerprint density at radius 2 is 0.917 bits per heavy atom. The van der Waals surface area contributed by atoms with E-state index in [0.29, 0.717) is 0 Å². The highest BCUT2D eigenvalue weighted by molar-refractivity contribution is 6.05. The van der Waals surface area contributed by atoms with Gasteiger partial charge in [0.2, 0.25) is 20.4 Å². The zero-order valence-corrected chi connectivity index (χ0v) is 19.9. The van der Waals surface area contributed by atoms with Crippen molar-refractivity contribution in [1.29, 1.82) is 0 Å². The van der Waals surface area contributed by atoms with Gasteiger partial charge in [-0.3, -0.25) is 0 Å². The SMILES string of the molecule is C=C(C)C(=O)OCOC(=O)c1ccc(C(=O)OCOC(=O)C(=C)C)c(C(=O)OCOC(=O)C(=C)C)c1. The van der Waals surface area contributed by atoms with Crippen molar-refractivity contribution in [3.05, 3.63) is 71.3 Å². The van der Waals surface area contributed by atoms with Crippen LogP contribution in [-0.4, -0.2) is 56.2 Å². The number of ether oxygens (including phenoxy) is 6. The van der Waals surface area contributed by atoms with Crippen molar-refractivity contribution in [2.75, 3.05) is 20.4 Å². The molecule has 0 aromatic heterocycles. The first-order valence-corrected chi connectivity index (χ1v) is 9.98. The van der Waals surface area contributed by atoms with E-state index in [2.05, 4.69) is 33.9 Å². The lowest BCUT2D eigenvalue weighted by molar-refractivity contribution is -0.148. The van der Waals surface area contributed by atoms with Crippen LogP contribution in [0.2, 0.25) is 0 Å². The number of hydrogen-bond acceptors (Lipinski definition) is 12. The summed E-state index contributed by atoms with van der Waals surface area (Å²) in [7, 11) is 0. The normalized spacial score (nSPS) is 9.75. The Morgan fingerprint density at radius 1 is 0.556 bits per heavy atom. The molecule has 0 amide bonds. The lowest BCUT2D eigenvalue weighted by Gasteiger charge is -2.12. The minimum absolute atomic E-state index is 0.0525. The third kappa shape index (κ3) is 9.25. The number of carbonyl (C=O) groups is 6. The van der Waals surface area contributed by atoms with Crippen molar-refractivity contribution in [2.24, 2.45) is 0 Å². The molecule has 0 saturated carbocycles. The van der Waals surface area contributed by atoms with Crippen molar-refractivity contribution >= 4 is 35.8 Å². The number of esters is 6. The number of benzene rings is 1. The number of hydrogen-bond donors (Lipinski definition) is 0. The van der Waals surface area contributed by atoms with Crippen LogP contribution < -0.4 is 0 Å². The van der Waals surface area contributed by atoms with E-state index in [4.69, 9.17) is 14.2 Å². The summed E-state index contributed by atoms with van der Waals surface area (Å²) in [5.41, 5.74) is -0.861. The average molecular weight is 504 g/mol. The number of carbonyl (C=O) groups excluding carboxylic acids is 6. The minimum Gasteiger partial charge on any atom is -0.425 e. The van der Waals surface area contributed by atoms with E-state index in [1.54, 1.807) is 0 Å². The summed E-state index contributed by atoms with van der Waals surface area (Å²) in [4.78, 5) is 71.6. The highest BCUT2D eigenvalue weighted by atomic mass is 16.7. The molecule has 0 N–H and O–H groups in total. The smallest absolute Gasteiger partial charge is 0.341 e. The molecule has 12 nitrogen and oxygen atoms in total. The Hall–Kier alpha value is -4.74. The van der Waals surface area contributed by atoms with Gasteiger partial charge in [0.05, 0.1) is 16.7 Å². The standard InChI is InChI=1S/C24H24O12/c1-13(2)19(25)31-10-34-22(28)16-7-8-17(23(29)35-11-32-20(26)14(3)4)18(9-16)24(30)36-12-33-21(27)15(5)6/h7-9H,1,3,5,10-12H2,2,4,6H3. The lowest BCUT2D eigenvalue weighted by Crippen LogP contribution is -2.20. The molecule has 0 aliphatic rings. The predicted molar refractivity (Wildman–Crippen MR) is 120 cm³/mol. The van der Waals surface area contributed by atoms with Crippen molar-refractivity contribution in [1.82, 2.24) is 0 Å². The van der Waals surface area contributed by atoms with Crippen molar-refractivity contribution in [3.8, 4) is 0 Å². The van der Waals surface area contributed by atoms with Gasteiger partial charge in [0, 0.05) is 16.7 Å². The van der Waals surface area contributed by atoms with Gasteiger partial charge in [-0.2, -0.15) is 0 Å². The molecule has 1 rings (SSSR count). The zero-order chi connectivity index (χ0) is 27.4. The maximum atomic E-state index is 12.6. The van der Waals surface area contributed by atoms with Crippen LogP contribution in [0, 0.1) is 0 Å². The Morgan fingerprint density at radius 3 is 1.31 bits per heavy atom. The van der Waals surface area contributed by atoms with Crippen LogP contribution >= 0.6 is 0 Å². The van der Waals surface area contributed by atoms with Gasteiger partial charge in [0.1, 0.15) is 0 Å². The quantitative estimate of drug-likeness (QED) is 0.177. The Labute approximate surface area is 206 Å². The second-order valence-electron chi connectivity index (χ2n) is 7.05. The second kappa shape index (κ2) is 13.8. The van der Waals surface area contributed by atoms with Crippen LogP contribution in [0.3, 0.4) is 0 Å². The molecule has 0 spiro atoms. The van der Waals surface area contributed by atoms with Crippen molar-refractivity contribution in [3.63, 3.8) is 0 Å². The van der Waals surface area contributed by atoms with Gasteiger partial charge in [-0.05, 0) is 39.0 Å². The van der Waals surface area contributed by atoms with E-state index in [0.717, 1.165) is 18.2 Å². The predicted octanol–water partition coefficient (Wildman–Crippen LogP) is 2.39. The third-order valence-electron chi connectivity index (χ3n) is 3.88. The fourth-order valence-corrected chi connectivity index (χ4v) is 2.04. The molecular formula is C24H24O12. The molecule has 192 valence electrons. The summed E-state index contributed by atoms with van der Waals surface area (Å²) in [6.07, 6.45) is 0. The van der Waals surface area contributed by atoms with E-state index in [9.17, 15) is 28.8 Å². The van der Waals surface area contributed by atoms with E-state index in [-0.39, 0.29) is 27.8 Å². The minimum atomic E-state index is -1.17. The summed E-state index contributed by atoms with van der Waals surface area (Å²) in [6.45, 7) is 11.9. The largest absolute Gasteiger partial charge is 0.425 e. The molecule has 0 bridgehead atoms. The van der Waals surface area contributed by atoms with Crippen LogP contribution in [0.15, 0.2) is 54.7 Å². The molecule has 0 aliphatic carbocycles. The summed E-state index contributed by atoms with van der Waals surface area (Å²) in [5, 5.41) is 0. The molecular weight excluding hydrogens is 480 g/mol. The molecule has 1 aromatic rings. The van der Waals surface area contributed by atoms with Gasteiger partial charge in [-0.1, -0.05) is 19.7 Å². The van der Waals surface area contributed by atoms with Gasteiger partial charge in [0.25, 0.3) is 0 Å². The van der Waals surface area contributed by atoms with Crippen LogP contribution in [0.25, 0.3) is 0 Å². The first-order chi connectivity index (χ1) is 16.8. The van der Waals surface area contributed by atoms with Crippen LogP contribution in [0.5, 0.6) is 0 Å². The van der Waals surface area contributed by atoms with E-state index in [1.807, 2.05) is 0 Å². The summed E-state index contributed by atoms with van der Waals surface area (Å²) in [6, 6.07) is 3.12. The molecule has 0 radical (unpaired) electrons. The molecule has 1 aromatic carbocycles. The summed E-state index contributed by atoms with van der Waals surface area (Å²) >= 11 is 0. The molecule has 0 atom stereocenters. The van der Waals surface area contributed by atoms with Crippen LogP contribution in [0.1, 0.15) is 51.8 Å². The number of rotatable bonds is 12. The average Bonchev–Trinajstić information content (AvgIpc) is 2.82. The first-order valence-electron chi connectivity index (χ1n) is 9.98. The van der Waals surface area contributed by atoms with Gasteiger partial charge >= 0.3 is 35.8 Å². The Bertz CT molecular complexity index is 1110. The summed E-state index contributed by atoms with van der Waals surface area (Å²) in [5.74, 6) is -5.72. The van der Waals surface area contributed by atoms with Crippen LogP contribution in [0.4, 0.5) is 0 Å². The van der Waals surface area contributed by atoms with Gasteiger partial charge in [-0.25, -0.2) is 28.8 Å². The molecule has 0 heterocycles. The monoisotopic (exact) mass is 504 g/mol. The highest BCUT2D eigenvalue weighted by Crippen LogP contribution is 2.17. The van der Waals surface area contributed by atoms with E-state index in [1.165, 1.54) is 20.8 Å². The Balaban J connectivity index is 3.05. The maximum Gasteiger partial charge on any atom is 0.341 e. The van der Waals surface area contributed by atoms with Gasteiger partial charge in [0.15, 0.2) is 0 Å². The topological polar surface area (TPSA) is 158 Å². The molecule has 12 heteroatoms. The molecule has 0 saturated heterocycles. The zero-order valence-electron chi connectivity index (χ0n) is 19.9. The van der Waals surface area contributed by atoms with Crippen LogP contribution in [-0.2, 0) is 42.8 Å². The fourth-order valence-electron chi connectivity index (χ4n) is 2.04. The Kier molecular flexibility index (Phi) is 11.3. The van der Waals surface area contributed by atoms with Gasteiger partial charge in [-0.15, -0.1) is 0 Å². The van der Waals surface area contributed by atoms with E-state index >= 15 is 0 Å². The second-order valence-corrected chi connectivity index (χ2v) is 7.05. The first kappa shape index (κ1) is 29.3. The third-order valence-corrected chi connectivity index (χ3v) is 3.88. The van der Waals surface area contributed by atoms with E-state index < -0.39 is 61.8 Å². The van der Waals surface area contributed by atoms with Crippen molar-refractivity contribution < 1.29 is 57.2 Å². The summed E-state index contributed by atoms with van der Waals surface area (Å²) < 4.78 is 28.4.